The Hall–Kier alpha value is -0.0800. The van der Waals surface area contributed by atoms with Crippen molar-refractivity contribution in [2.75, 3.05) is 13.1 Å². The first kappa shape index (κ1) is 12.0. The summed E-state index contributed by atoms with van der Waals surface area (Å²) in [5.74, 6) is 0. The van der Waals surface area contributed by atoms with Crippen molar-refractivity contribution in [3.63, 3.8) is 0 Å². The standard InChI is InChI=1S/C12H26N2/c1-5-14(10-6-7-10)11(9-13)8-12(2,3)4/h10-11H,5-9,13H2,1-4H3. The van der Waals surface area contributed by atoms with Crippen LogP contribution in [0.1, 0.15) is 47.0 Å². The van der Waals surface area contributed by atoms with Crippen molar-refractivity contribution in [2.24, 2.45) is 11.1 Å². The van der Waals surface area contributed by atoms with E-state index in [1.807, 2.05) is 0 Å². The quantitative estimate of drug-likeness (QED) is 0.734. The maximum Gasteiger partial charge on any atom is 0.0226 e. The fourth-order valence-corrected chi connectivity index (χ4v) is 2.26. The van der Waals surface area contributed by atoms with Crippen molar-refractivity contribution >= 4 is 0 Å². The Balaban J connectivity index is 2.50. The Labute approximate surface area is 88.8 Å². The van der Waals surface area contributed by atoms with Crippen molar-refractivity contribution in [3.8, 4) is 0 Å². The number of likely N-dealkylation sites (N-methyl/N-ethyl adjacent to an activating group) is 1. The summed E-state index contributed by atoms with van der Waals surface area (Å²) in [5.41, 5.74) is 6.28. The van der Waals surface area contributed by atoms with Gasteiger partial charge in [0.25, 0.3) is 0 Å². The molecule has 1 atom stereocenters. The van der Waals surface area contributed by atoms with E-state index in [1.54, 1.807) is 0 Å². The van der Waals surface area contributed by atoms with Crippen LogP contribution in [-0.4, -0.2) is 30.1 Å². The molecule has 0 amide bonds. The minimum absolute atomic E-state index is 0.395. The molecule has 0 aromatic carbocycles. The molecule has 2 nitrogen and oxygen atoms in total. The monoisotopic (exact) mass is 198 g/mol. The predicted molar refractivity (Wildman–Crippen MR) is 62.3 cm³/mol. The Morgan fingerprint density at radius 3 is 2.21 bits per heavy atom. The third-order valence-electron chi connectivity index (χ3n) is 2.97. The maximum absolute atomic E-state index is 5.88. The lowest BCUT2D eigenvalue weighted by atomic mass is 9.87. The molecule has 84 valence electrons. The van der Waals surface area contributed by atoms with Crippen molar-refractivity contribution < 1.29 is 0 Å². The molecule has 1 rings (SSSR count). The molecule has 0 spiro atoms. The minimum atomic E-state index is 0.395. The van der Waals surface area contributed by atoms with Gasteiger partial charge in [-0.2, -0.15) is 0 Å². The van der Waals surface area contributed by atoms with Crippen LogP contribution in [0.15, 0.2) is 0 Å². The van der Waals surface area contributed by atoms with Gasteiger partial charge < -0.3 is 5.73 Å². The van der Waals surface area contributed by atoms with Gasteiger partial charge in [0.15, 0.2) is 0 Å². The van der Waals surface area contributed by atoms with Crippen LogP contribution in [0.4, 0.5) is 0 Å². The zero-order chi connectivity index (χ0) is 10.8. The number of nitrogens with two attached hydrogens (primary N) is 1. The molecule has 0 aromatic rings. The summed E-state index contributed by atoms with van der Waals surface area (Å²) >= 11 is 0. The van der Waals surface area contributed by atoms with Gasteiger partial charge in [-0.25, -0.2) is 0 Å². The van der Waals surface area contributed by atoms with Gasteiger partial charge in [0.2, 0.25) is 0 Å². The number of rotatable bonds is 5. The van der Waals surface area contributed by atoms with Crippen molar-refractivity contribution in [1.82, 2.24) is 4.90 Å². The molecule has 1 aliphatic rings. The van der Waals surface area contributed by atoms with E-state index >= 15 is 0 Å². The van der Waals surface area contributed by atoms with Crippen molar-refractivity contribution in [3.05, 3.63) is 0 Å². The van der Waals surface area contributed by atoms with Gasteiger partial charge in [0, 0.05) is 18.6 Å². The topological polar surface area (TPSA) is 29.3 Å². The highest BCUT2D eigenvalue weighted by Crippen LogP contribution is 2.32. The largest absolute Gasteiger partial charge is 0.329 e. The number of hydrogen-bond donors (Lipinski definition) is 1. The van der Waals surface area contributed by atoms with Gasteiger partial charge in [-0.1, -0.05) is 27.7 Å². The first-order chi connectivity index (χ1) is 6.48. The lowest BCUT2D eigenvalue weighted by Crippen LogP contribution is -2.44. The summed E-state index contributed by atoms with van der Waals surface area (Å²) in [5, 5.41) is 0. The molecule has 1 aliphatic carbocycles. The third kappa shape index (κ3) is 3.58. The van der Waals surface area contributed by atoms with Gasteiger partial charge in [-0.3, -0.25) is 4.90 Å². The summed E-state index contributed by atoms with van der Waals surface area (Å²) in [6.07, 6.45) is 3.98. The first-order valence-corrected chi connectivity index (χ1v) is 5.93. The minimum Gasteiger partial charge on any atom is -0.329 e. The van der Waals surface area contributed by atoms with E-state index in [0.29, 0.717) is 11.5 Å². The second-order valence-electron chi connectivity index (χ2n) is 5.72. The maximum atomic E-state index is 5.88. The van der Waals surface area contributed by atoms with Crippen LogP contribution in [0.3, 0.4) is 0 Å². The first-order valence-electron chi connectivity index (χ1n) is 5.93. The summed E-state index contributed by atoms with van der Waals surface area (Å²) in [6, 6.07) is 1.43. The zero-order valence-electron chi connectivity index (χ0n) is 10.2. The van der Waals surface area contributed by atoms with E-state index in [0.717, 1.165) is 19.1 Å². The van der Waals surface area contributed by atoms with E-state index in [1.165, 1.54) is 19.3 Å². The predicted octanol–water partition coefficient (Wildman–Crippen LogP) is 2.23. The number of hydrogen-bond acceptors (Lipinski definition) is 2. The summed E-state index contributed by atoms with van der Waals surface area (Å²) in [4.78, 5) is 2.60. The summed E-state index contributed by atoms with van der Waals surface area (Å²) in [6.45, 7) is 11.1. The van der Waals surface area contributed by atoms with Gasteiger partial charge in [-0.15, -0.1) is 0 Å². The lowest BCUT2D eigenvalue weighted by Gasteiger charge is -2.34. The summed E-state index contributed by atoms with van der Waals surface area (Å²) in [7, 11) is 0. The molecule has 1 unspecified atom stereocenters. The van der Waals surface area contributed by atoms with Crippen LogP contribution >= 0.6 is 0 Å². The van der Waals surface area contributed by atoms with E-state index in [4.69, 9.17) is 5.73 Å². The van der Waals surface area contributed by atoms with Gasteiger partial charge >= 0.3 is 0 Å². The van der Waals surface area contributed by atoms with Gasteiger partial charge in [-0.05, 0) is 31.2 Å². The second kappa shape index (κ2) is 4.63. The normalized spacial score (nSPS) is 20.1. The molecule has 1 saturated carbocycles. The molecular formula is C12H26N2. The Kier molecular flexibility index (Phi) is 3.96. The van der Waals surface area contributed by atoms with E-state index in [-0.39, 0.29) is 0 Å². The highest BCUT2D eigenvalue weighted by Gasteiger charge is 2.33. The molecule has 14 heavy (non-hydrogen) atoms. The Bertz CT molecular complexity index is 168. The molecule has 0 aromatic heterocycles. The molecule has 1 fully saturated rings. The Morgan fingerprint density at radius 1 is 1.36 bits per heavy atom. The van der Waals surface area contributed by atoms with Crippen molar-refractivity contribution in [2.45, 2.75) is 59.0 Å². The van der Waals surface area contributed by atoms with Crippen LogP contribution in [0.25, 0.3) is 0 Å². The van der Waals surface area contributed by atoms with Gasteiger partial charge in [0.05, 0.1) is 0 Å². The molecule has 2 N–H and O–H groups in total. The van der Waals surface area contributed by atoms with E-state index in [9.17, 15) is 0 Å². The molecule has 0 aliphatic heterocycles. The lowest BCUT2D eigenvalue weighted by molar-refractivity contribution is 0.151. The second-order valence-corrected chi connectivity index (χ2v) is 5.72. The van der Waals surface area contributed by atoms with Crippen LogP contribution in [0.5, 0.6) is 0 Å². The van der Waals surface area contributed by atoms with Crippen LogP contribution in [0, 0.1) is 5.41 Å². The summed E-state index contributed by atoms with van der Waals surface area (Å²) < 4.78 is 0. The molecule has 0 radical (unpaired) electrons. The zero-order valence-corrected chi connectivity index (χ0v) is 10.2. The SMILES string of the molecule is CCN(C1CC1)C(CN)CC(C)(C)C. The smallest absolute Gasteiger partial charge is 0.0226 e. The fraction of sp³-hybridized carbons (Fsp3) is 1.00. The Morgan fingerprint density at radius 2 is 1.93 bits per heavy atom. The molecular weight excluding hydrogens is 172 g/mol. The third-order valence-corrected chi connectivity index (χ3v) is 2.97. The highest BCUT2D eigenvalue weighted by molar-refractivity contribution is 4.90. The average Bonchev–Trinajstić information content (AvgIpc) is 2.85. The molecule has 0 heterocycles. The molecule has 2 heteroatoms. The van der Waals surface area contributed by atoms with Crippen LogP contribution < -0.4 is 5.73 Å². The van der Waals surface area contributed by atoms with Crippen LogP contribution in [0.2, 0.25) is 0 Å². The van der Waals surface area contributed by atoms with Gasteiger partial charge in [0.1, 0.15) is 0 Å². The fourth-order valence-electron chi connectivity index (χ4n) is 2.26. The molecule has 0 bridgehead atoms. The molecule has 0 saturated heterocycles. The van der Waals surface area contributed by atoms with E-state index in [2.05, 4.69) is 32.6 Å². The average molecular weight is 198 g/mol. The van der Waals surface area contributed by atoms with Crippen LogP contribution in [-0.2, 0) is 0 Å². The highest BCUT2D eigenvalue weighted by atomic mass is 15.2. The van der Waals surface area contributed by atoms with E-state index < -0.39 is 0 Å². The van der Waals surface area contributed by atoms with Crippen molar-refractivity contribution in [1.29, 1.82) is 0 Å². The number of nitrogens with zero attached hydrogens (tertiary/aromatic N) is 1.